The molecule has 0 saturated carbocycles. The summed E-state index contributed by atoms with van der Waals surface area (Å²) < 4.78 is 16.0. The molecule has 6 heteroatoms. The Labute approximate surface area is 146 Å². The lowest BCUT2D eigenvalue weighted by atomic mass is 10.2. The summed E-state index contributed by atoms with van der Waals surface area (Å²) in [7, 11) is 3.10. The third-order valence-corrected chi connectivity index (χ3v) is 3.82. The molecular formula is C18H20ClNO4. The highest BCUT2D eigenvalue weighted by Crippen LogP contribution is 2.31. The van der Waals surface area contributed by atoms with Crippen LogP contribution in [0.25, 0.3) is 0 Å². The van der Waals surface area contributed by atoms with Gasteiger partial charge >= 0.3 is 0 Å². The molecule has 2 rings (SSSR count). The molecule has 0 radical (unpaired) electrons. The van der Waals surface area contributed by atoms with Crippen LogP contribution in [0.5, 0.6) is 17.2 Å². The molecule has 5 nitrogen and oxygen atoms in total. The molecule has 128 valence electrons. The molecule has 24 heavy (non-hydrogen) atoms. The zero-order chi connectivity index (χ0) is 17.5. The number of halogens is 1. The maximum atomic E-state index is 12.1. The molecule has 0 unspecified atom stereocenters. The molecule has 0 aromatic heterocycles. The molecule has 0 atom stereocenters. The first-order chi connectivity index (χ1) is 11.5. The van der Waals surface area contributed by atoms with E-state index in [0.29, 0.717) is 28.0 Å². The van der Waals surface area contributed by atoms with E-state index in [2.05, 4.69) is 5.32 Å². The standard InChI is InChI=1S/C18H20ClNO4/c1-12-10-14(17(23-3)11-13(12)19)20-18(21)8-9-24-16-7-5-4-6-15(16)22-2/h4-7,10-11H,8-9H2,1-3H3,(H,20,21). The van der Waals surface area contributed by atoms with Crippen molar-refractivity contribution in [3.8, 4) is 17.2 Å². The van der Waals surface area contributed by atoms with E-state index < -0.39 is 0 Å². The molecule has 0 bridgehead atoms. The second kappa shape index (κ2) is 8.45. The van der Waals surface area contributed by atoms with Crippen molar-refractivity contribution in [2.24, 2.45) is 0 Å². The van der Waals surface area contributed by atoms with Crippen molar-refractivity contribution in [1.82, 2.24) is 0 Å². The third kappa shape index (κ3) is 4.55. The molecule has 2 aromatic carbocycles. The number of ether oxygens (including phenoxy) is 3. The van der Waals surface area contributed by atoms with Crippen molar-refractivity contribution in [2.75, 3.05) is 26.1 Å². The molecular weight excluding hydrogens is 330 g/mol. The van der Waals surface area contributed by atoms with Crippen molar-refractivity contribution >= 4 is 23.2 Å². The average molecular weight is 350 g/mol. The Balaban J connectivity index is 1.93. The number of rotatable bonds is 7. The van der Waals surface area contributed by atoms with Gasteiger partial charge in [0, 0.05) is 11.1 Å². The largest absolute Gasteiger partial charge is 0.495 e. The van der Waals surface area contributed by atoms with E-state index in [1.807, 2.05) is 19.1 Å². The fraction of sp³-hybridized carbons (Fsp3) is 0.278. The summed E-state index contributed by atoms with van der Waals surface area (Å²) in [4.78, 5) is 12.1. The lowest BCUT2D eigenvalue weighted by Crippen LogP contribution is -2.16. The van der Waals surface area contributed by atoms with Gasteiger partial charge in [-0.25, -0.2) is 0 Å². The smallest absolute Gasteiger partial charge is 0.227 e. The normalized spacial score (nSPS) is 10.2. The number of benzene rings is 2. The van der Waals surface area contributed by atoms with Crippen LogP contribution in [0, 0.1) is 6.92 Å². The minimum absolute atomic E-state index is 0.176. The van der Waals surface area contributed by atoms with Gasteiger partial charge in [-0.2, -0.15) is 0 Å². The van der Waals surface area contributed by atoms with Gasteiger partial charge in [0.2, 0.25) is 5.91 Å². The molecule has 0 aliphatic rings. The van der Waals surface area contributed by atoms with Gasteiger partial charge in [0.25, 0.3) is 0 Å². The predicted octanol–water partition coefficient (Wildman–Crippen LogP) is 4.07. The molecule has 1 N–H and O–H groups in total. The summed E-state index contributed by atoms with van der Waals surface area (Å²) in [5.41, 5.74) is 1.44. The number of nitrogens with one attached hydrogen (secondary N) is 1. The van der Waals surface area contributed by atoms with E-state index in [4.69, 9.17) is 25.8 Å². The van der Waals surface area contributed by atoms with Crippen LogP contribution in [-0.2, 0) is 4.79 Å². The van der Waals surface area contributed by atoms with Crippen molar-refractivity contribution in [3.05, 3.63) is 47.0 Å². The Morgan fingerprint density at radius 3 is 2.42 bits per heavy atom. The molecule has 0 fully saturated rings. The van der Waals surface area contributed by atoms with E-state index in [0.717, 1.165) is 5.56 Å². The number of carbonyl (C=O) groups is 1. The second-order valence-electron chi connectivity index (χ2n) is 5.10. The number of hydrogen-bond donors (Lipinski definition) is 1. The van der Waals surface area contributed by atoms with Crippen LogP contribution in [0.1, 0.15) is 12.0 Å². The van der Waals surface area contributed by atoms with Crippen molar-refractivity contribution in [2.45, 2.75) is 13.3 Å². The highest BCUT2D eigenvalue weighted by atomic mass is 35.5. The predicted molar refractivity (Wildman–Crippen MR) is 94.5 cm³/mol. The van der Waals surface area contributed by atoms with Gasteiger partial charge in [0.1, 0.15) is 5.75 Å². The first-order valence-corrected chi connectivity index (χ1v) is 7.82. The zero-order valence-corrected chi connectivity index (χ0v) is 14.6. The van der Waals surface area contributed by atoms with Gasteiger partial charge in [-0.1, -0.05) is 23.7 Å². The van der Waals surface area contributed by atoms with Crippen LogP contribution in [-0.4, -0.2) is 26.7 Å². The van der Waals surface area contributed by atoms with Crippen LogP contribution in [0.15, 0.2) is 36.4 Å². The van der Waals surface area contributed by atoms with Crippen LogP contribution in [0.4, 0.5) is 5.69 Å². The minimum Gasteiger partial charge on any atom is -0.495 e. The van der Waals surface area contributed by atoms with Gasteiger partial charge in [0.15, 0.2) is 11.5 Å². The third-order valence-electron chi connectivity index (χ3n) is 3.41. The number of carbonyl (C=O) groups excluding carboxylic acids is 1. The highest BCUT2D eigenvalue weighted by Gasteiger charge is 2.11. The van der Waals surface area contributed by atoms with Gasteiger partial charge in [-0.3, -0.25) is 4.79 Å². The summed E-state index contributed by atoms with van der Waals surface area (Å²) >= 11 is 6.06. The first kappa shape index (κ1) is 17.9. The van der Waals surface area contributed by atoms with Crippen LogP contribution in [0.2, 0.25) is 5.02 Å². The summed E-state index contributed by atoms with van der Waals surface area (Å²) in [5, 5.41) is 3.40. The topological polar surface area (TPSA) is 56.8 Å². The SMILES string of the molecule is COc1cc(Cl)c(C)cc1NC(=O)CCOc1ccccc1OC. The maximum absolute atomic E-state index is 12.1. The monoisotopic (exact) mass is 349 g/mol. The number of methoxy groups -OCH3 is 2. The molecule has 0 heterocycles. The van der Waals surface area contributed by atoms with E-state index in [1.54, 1.807) is 31.4 Å². The minimum atomic E-state index is -0.176. The Hall–Kier alpha value is -2.40. The van der Waals surface area contributed by atoms with E-state index in [1.165, 1.54) is 7.11 Å². The summed E-state index contributed by atoms with van der Waals surface area (Å²) in [6, 6.07) is 10.8. The van der Waals surface area contributed by atoms with Crippen LogP contribution >= 0.6 is 11.6 Å². The van der Waals surface area contributed by atoms with E-state index in [-0.39, 0.29) is 18.9 Å². The molecule has 2 aromatic rings. The molecule has 0 aliphatic carbocycles. The first-order valence-electron chi connectivity index (χ1n) is 7.45. The van der Waals surface area contributed by atoms with Crippen LogP contribution < -0.4 is 19.5 Å². The lowest BCUT2D eigenvalue weighted by molar-refractivity contribution is -0.116. The Morgan fingerprint density at radius 1 is 1.08 bits per heavy atom. The Morgan fingerprint density at radius 2 is 1.75 bits per heavy atom. The van der Waals surface area contributed by atoms with Crippen molar-refractivity contribution < 1.29 is 19.0 Å². The second-order valence-corrected chi connectivity index (χ2v) is 5.51. The maximum Gasteiger partial charge on any atom is 0.227 e. The highest BCUT2D eigenvalue weighted by molar-refractivity contribution is 6.31. The number of anilines is 1. The fourth-order valence-corrected chi connectivity index (χ4v) is 2.29. The molecule has 0 saturated heterocycles. The number of amides is 1. The van der Waals surface area contributed by atoms with E-state index in [9.17, 15) is 4.79 Å². The van der Waals surface area contributed by atoms with Crippen molar-refractivity contribution in [1.29, 1.82) is 0 Å². The number of aryl methyl sites for hydroxylation is 1. The summed E-state index contributed by atoms with van der Waals surface area (Å²) in [6.07, 6.45) is 0.197. The Bertz CT molecular complexity index is 718. The quantitative estimate of drug-likeness (QED) is 0.818. The van der Waals surface area contributed by atoms with E-state index >= 15 is 0 Å². The van der Waals surface area contributed by atoms with Gasteiger partial charge < -0.3 is 19.5 Å². The van der Waals surface area contributed by atoms with Gasteiger partial charge in [-0.15, -0.1) is 0 Å². The summed E-state index contributed by atoms with van der Waals surface area (Å²) in [6.45, 7) is 2.10. The molecule has 0 spiro atoms. The van der Waals surface area contributed by atoms with Crippen LogP contribution in [0.3, 0.4) is 0 Å². The van der Waals surface area contributed by atoms with Crippen molar-refractivity contribution in [3.63, 3.8) is 0 Å². The number of para-hydroxylation sites is 2. The average Bonchev–Trinajstić information content (AvgIpc) is 2.58. The lowest BCUT2D eigenvalue weighted by Gasteiger charge is -2.13. The van der Waals surface area contributed by atoms with Gasteiger partial charge in [0.05, 0.1) is 32.9 Å². The molecule has 0 aliphatic heterocycles. The Kier molecular flexibility index (Phi) is 6.32. The number of hydrogen-bond acceptors (Lipinski definition) is 4. The summed E-state index contributed by atoms with van der Waals surface area (Å²) in [5.74, 6) is 1.58. The fourth-order valence-electron chi connectivity index (χ4n) is 2.13. The molecule has 1 amide bonds. The zero-order valence-electron chi connectivity index (χ0n) is 13.9. The van der Waals surface area contributed by atoms with Gasteiger partial charge in [-0.05, 0) is 30.7 Å².